The molecule has 0 aromatic heterocycles. The van der Waals surface area contributed by atoms with Crippen LogP contribution in [0.5, 0.6) is 17.2 Å². The summed E-state index contributed by atoms with van der Waals surface area (Å²) in [7, 11) is 3.10. The number of Topliss-reactive ketones (excluding diaryl/α,β-unsaturated/α-hetero) is 1. The van der Waals surface area contributed by atoms with Crippen molar-refractivity contribution in [2.45, 2.75) is 33.0 Å². The maximum Gasteiger partial charge on any atom is 0.331 e. The van der Waals surface area contributed by atoms with Crippen LogP contribution < -0.4 is 14.2 Å². The van der Waals surface area contributed by atoms with Crippen molar-refractivity contribution in [1.82, 2.24) is 0 Å². The SMILES string of the molecule is COc1ccc(C(=O)[C@@H](C)OC(=O)/C=C/c2ccc(OC(C)C)c(OC)c2)cc1. The maximum atomic E-state index is 12.4. The van der Waals surface area contributed by atoms with Gasteiger partial charge in [-0.1, -0.05) is 6.07 Å². The van der Waals surface area contributed by atoms with Gasteiger partial charge in [-0.3, -0.25) is 4.79 Å². The summed E-state index contributed by atoms with van der Waals surface area (Å²) >= 11 is 0. The van der Waals surface area contributed by atoms with Crippen molar-refractivity contribution in [2.75, 3.05) is 14.2 Å². The van der Waals surface area contributed by atoms with E-state index >= 15 is 0 Å². The average molecular weight is 398 g/mol. The summed E-state index contributed by atoms with van der Waals surface area (Å²) in [5.74, 6) is 0.944. The van der Waals surface area contributed by atoms with Gasteiger partial charge in [-0.2, -0.15) is 0 Å². The molecule has 0 unspecified atom stereocenters. The van der Waals surface area contributed by atoms with E-state index in [2.05, 4.69) is 0 Å². The minimum Gasteiger partial charge on any atom is -0.497 e. The molecule has 6 heteroatoms. The van der Waals surface area contributed by atoms with Crippen molar-refractivity contribution in [3.63, 3.8) is 0 Å². The summed E-state index contributed by atoms with van der Waals surface area (Å²) in [6.45, 7) is 5.40. The lowest BCUT2D eigenvalue weighted by Gasteiger charge is -2.13. The van der Waals surface area contributed by atoms with Crippen LogP contribution in [-0.2, 0) is 9.53 Å². The van der Waals surface area contributed by atoms with Gasteiger partial charge < -0.3 is 18.9 Å². The monoisotopic (exact) mass is 398 g/mol. The largest absolute Gasteiger partial charge is 0.497 e. The molecule has 0 amide bonds. The highest BCUT2D eigenvalue weighted by Gasteiger charge is 2.18. The van der Waals surface area contributed by atoms with Crippen LogP contribution in [0.4, 0.5) is 0 Å². The second-order valence-corrected chi connectivity index (χ2v) is 6.58. The molecule has 2 aromatic carbocycles. The first-order valence-electron chi connectivity index (χ1n) is 9.25. The quantitative estimate of drug-likeness (QED) is 0.356. The first-order chi connectivity index (χ1) is 13.8. The smallest absolute Gasteiger partial charge is 0.331 e. The molecule has 0 fully saturated rings. The zero-order chi connectivity index (χ0) is 21.4. The third kappa shape index (κ3) is 6.38. The zero-order valence-electron chi connectivity index (χ0n) is 17.3. The number of carbonyl (C=O) groups excluding carboxylic acids is 2. The van der Waals surface area contributed by atoms with Crippen LogP contribution >= 0.6 is 0 Å². The van der Waals surface area contributed by atoms with Crippen LogP contribution in [-0.4, -0.2) is 38.2 Å². The molecule has 0 saturated carbocycles. The molecule has 0 saturated heterocycles. The molecule has 0 heterocycles. The van der Waals surface area contributed by atoms with Gasteiger partial charge in [0.15, 0.2) is 17.6 Å². The molecule has 1 atom stereocenters. The van der Waals surface area contributed by atoms with E-state index in [1.807, 2.05) is 13.8 Å². The van der Waals surface area contributed by atoms with Crippen LogP contribution in [0.2, 0.25) is 0 Å². The van der Waals surface area contributed by atoms with Gasteiger partial charge >= 0.3 is 5.97 Å². The van der Waals surface area contributed by atoms with Crippen molar-refractivity contribution in [3.05, 3.63) is 59.7 Å². The molecule has 0 spiro atoms. The first-order valence-corrected chi connectivity index (χ1v) is 9.25. The highest BCUT2D eigenvalue weighted by molar-refractivity contribution is 6.01. The van der Waals surface area contributed by atoms with Crippen molar-refractivity contribution in [1.29, 1.82) is 0 Å². The number of benzene rings is 2. The summed E-state index contributed by atoms with van der Waals surface area (Å²) in [6, 6.07) is 12.0. The number of carbonyl (C=O) groups is 2. The molecule has 0 N–H and O–H groups in total. The number of ketones is 1. The Balaban J connectivity index is 2.00. The number of ether oxygens (including phenoxy) is 4. The third-order valence-corrected chi connectivity index (χ3v) is 4.00. The van der Waals surface area contributed by atoms with Gasteiger partial charge in [0.25, 0.3) is 0 Å². The molecule has 0 aliphatic heterocycles. The summed E-state index contributed by atoms with van der Waals surface area (Å²) in [5.41, 5.74) is 1.18. The second kappa shape index (κ2) is 10.3. The normalized spacial score (nSPS) is 11.9. The van der Waals surface area contributed by atoms with E-state index in [0.717, 1.165) is 5.56 Å². The molecule has 29 heavy (non-hydrogen) atoms. The van der Waals surface area contributed by atoms with Crippen LogP contribution in [0.25, 0.3) is 6.08 Å². The maximum absolute atomic E-state index is 12.4. The number of hydrogen-bond donors (Lipinski definition) is 0. The van der Waals surface area contributed by atoms with Crippen molar-refractivity contribution < 1.29 is 28.5 Å². The van der Waals surface area contributed by atoms with Crippen LogP contribution in [0.15, 0.2) is 48.5 Å². The lowest BCUT2D eigenvalue weighted by atomic mass is 10.1. The fourth-order valence-electron chi connectivity index (χ4n) is 2.56. The van der Waals surface area contributed by atoms with Gasteiger partial charge in [0, 0.05) is 11.6 Å². The van der Waals surface area contributed by atoms with E-state index in [1.165, 1.54) is 6.08 Å². The Kier molecular flexibility index (Phi) is 7.83. The van der Waals surface area contributed by atoms with Crippen molar-refractivity contribution in [3.8, 4) is 17.2 Å². The Morgan fingerprint density at radius 1 is 0.897 bits per heavy atom. The summed E-state index contributed by atoms with van der Waals surface area (Å²) in [6.07, 6.45) is 1.98. The highest BCUT2D eigenvalue weighted by atomic mass is 16.5. The summed E-state index contributed by atoms with van der Waals surface area (Å²) < 4.78 is 21.3. The highest BCUT2D eigenvalue weighted by Crippen LogP contribution is 2.29. The fraction of sp³-hybridized carbons (Fsp3) is 0.304. The van der Waals surface area contributed by atoms with Gasteiger partial charge in [-0.25, -0.2) is 4.79 Å². The molecular formula is C23H26O6. The Bertz CT molecular complexity index is 867. The van der Waals surface area contributed by atoms with Crippen LogP contribution in [0, 0.1) is 0 Å². The van der Waals surface area contributed by atoms with Crippen molar-refractivity contribution >= 4 is 17.8 Å². The summed E-state index contributed by atoms with van der Waals surface area (Å²) in [5, 5.41) is 0. The van der Waals surface area contributed by atoms with Gasteiger partial charge in [-0.15, -0.1) is 0 Å². The number of hydrogen-bond acceptors (Lipinski definition) is 6. The zero-order valence-corrected chi connectivity index (χ0v) is 17.3. The van der Waals surface area contributed by atoms with Gasteiger partial charge in [0.2, 0.25) is 5.78 Å². The van der Waals surface area contributed by atoms with Gasteiger partial charge in [0.1, 0.15) is 5.75 Å². The number of rotatable bonds is 9. The van der Waals surface area contributed by atoms with Gasteiger partial charge in [0.05, 0.1) is 20.3 Å². The standard InChI is InChI=1S/C23H26O6/c1-15(2)28-20-12-6-17(14-21(20)27-5)7-13-22(24)29-16(3)23(25)18-8-10-19(26-4)11-9-18/h6-16H,1-5H3/b13-7+/t16-/m1/s1. The lowest BCUT2D eigenvalue weighted by Crippen LogP contribution is -2.23. The second-order valence-electron chi connectivity index (χ2n) is 6.58. The topological polar surface area (TPSA) is 71.1 Å². The fourth-order valence-corrected chi connectivity index (χ4v) is 2.56. The summed E-state index contributed by atoms with van der Waals surface area (Å²) in [4.78, 5) is 24.5. The molecule has 0 aliphatic rings. The Morgan fingerprint density at radius 2 is 1.59 bits per heavy atom. The van der Waals surface area contributed by atoms with E-state index in [4.69, 9.17) is 18.9 Å². The van der Waals surface area contributed by atoms with E-state index in [-0.39, 0.29) is 11.9 Å². The molecule has 0 bridgehead atoms. The predicted molar refractivity (Wildman–Crippen MR) is 111 cm³/mol. The molecule has 6 nitrogen and oxygen atoms in total. The predicted octanol–water partition coefficient (Wildman–Crippen LogP) is 4.32. The molecule has 0 aliphatic carbocycles. The molecule has 154 valence electrons. The Labute approximate surface area is 171 Å². The van der Waals surface area contributed by atoms with E-state index in [9.17, 15) is 9.59 Å². The first kappa shape index (κ1) is 22.0. The van der Waals surface area contributed by atoms with E-state index in [1.54, 1.807) is 69.7 Å². The number of esters is 1. The minimum absolute atomic E-state index is 0.0185. The molecule has 2 aromatic rings. The number of methoxy groups -OCH3 is 2. The Hall–Kier alpha value is -3.28. The average Bonchev–Trinajstić information content (AvgIpc) is 2.72. The van der Waals surface area contributed by atoms with E-state index < -0.39 is 12.1 Å². The Morgan fingerprint density at radius 3 is 2.17 bits per heavy atom. The molecule has 0 radical (unpaired) electrons. The lowest BCUT2D eigenvalue weighted by molar-refractivity contribution is -0.140. The molecular weight excluding hydrogens is 372 g/mol. The minimum atomic E-state index is -0.906. The van der Waals surface area contributed by atoms with Crippen LogP contribution in [0.3, 0.4) is 0 Å². The van der Waals surface area contributed by atoms with Gasteiger partial charge in [-0.05, 0) is 68.8 Å². The van der Waals surface area contributed by atoms with E-state index in [0.29, 0.717) is 22.8 Å². The van der Waals surface area contributed by atoms with Crippen molar-refractivity contribution in [2.24, 2.45) is 0 Å². The van der Waals surface area contributed by atoms with Crippen LogP contribution in [0.1, 0.15) is 36.7 Å². The molecule has 2 rings (SSSR count). The third-order valence-electron chi connectivity index (χ3n) is 4.00.